The van der Waals surface area contributed by atoms with Crippen LogP contribution in [-0.4, -0.2) is 26.6 Å². The van der Waals surface area contributed by atoms with Crippen molar-refractivity contribution in [3.05, 3.63) is 17.9 Å². The van der Waals surface area contributed by atoms with Gasteiger partial charge in [0.25, 0.3) is 0 Å². The standard InChI is InChI=1S/C10H14BO4.Li/c1-8-3-4-9(15-8)11-12-5-10(2,6-13-11)7-14-11;/h3-4H,5-7H2,1-2H3;/q-1;+1. The summed E-state index contributed by atoms with van der Waals surface area (Å²) < 4.78 is 22.6. The van der Waals surface area contributed by atoms with E-state index in [2.05, 4.69) is 6.92 Å². The molecule has 4 nitrogen and oxygen atoms in total. The van der Waals surface area contributed by atoms with Gasteiger partial charge >= 0.3 is 25.6 Å². The van der Waals surface area contributed by atoms with E-state index in [0.717, 1.165) is 5.76 Å². The molecule has 0 saturated carbocycles. The van der Waals surface area contributed by atoms with Crippen molar-refractivity contribution in [3.63, 3.8) is 0 Å². The average molecular weight is 216 g/mol. The van der Waals surface area contributed by atoms with Crippen molar-refractivity contribution in [2.24, 2.45) is 5.41 Å². The summed E-state index contributed by atoms with van der Waals surface area (Å²) in [6.45, 7) is 4.21. The third kappa shape index (κ3) is 1.77. The summed E-state index contributed by atoms with van der Waals surface area (Å²) in [6.07, 6.45) is 0. The molecule has 0 N–H and O–H groups in total. The molecule has 4 heterocycles. The van der Waals surface area contributed by atoms with Crippen LogP contribution in [0.25, 0.3) is 0 Å². The third-order valence-electron chi connectivity index (χ3n) is 3.06. The molecule has 3 fully saturated rings. The van der Waals surface area contributed by atoms with E-state index < -0.39 is 6.75 Å². The molecular weight excluding hydrogens is 202 g/mol. The molecular formula is C10H14BLiO4. The summed E-state index contributed by atoms with van der Waals surface area (Å²) in [4.78, 5) is 0. The number of hydrogen-bond acceptors (Lipinski definition) is 4. The van der Waals surface area contributed by atoms with Crippen LogP contribution in [0, 0.1) is 12.3 Å². The van der Waals surface area contributed by atoms with Crippen LogP contribution >= 0.6 is 0 Å². The maximum atomic E-state index is 5.69. The predicted molar refractivity (Wildman–Crippen MR) is 54.8 cm³/mol. The van der Waals surface area contributed by atoms with Crippen molar-refractivity contribution in [2.75, 3.05) is 19.8 Å². The Morgan fingerprint density at radius 2 is 1.69 bits per heavy atom. The van der Waals surface area contributed by atoms with Gasteiger partial charge in [-0.2, -0.15) is 0 Å². The second kappa shape index (κ2) is 3.94. The van der Waals surface area contributed by atoms with Gasteiger partial charge < -0.3 is 18.4 Å². The molecule has 1 aromatic heterocycles. The van der Waals surface area contributed by atoms with Gasteiger partial charge in [0.05, 0.1) is 5.76 Å². The molecule has 0 amide bonds. The summed E-state index contributed by atoms with van der Waals surface area (Å²) in [5.74, 6) is 0.843. The van der Waals surface area contributed by atoms with Crippen molar-refractivity contribution in [2.45, 2.75) is 13.8 Å². The smallest absolute Gasteiger partial charge is 0.538 e. The minimum atomic E-state index is -1.80. The topological polar surface area (TPSA) is 40.8 Å². The molecule has 4 rings (SSSR count). The summed E-state index contributed by atoms with van der Waals surface area (Å²) >= 11 is 0. The van der Waals surface area contributed by atoms with Gasteiger partial charge in [0, 0.05) is 30.9 Å². The first-order valence-corrected chi connectivity index (χ1v) is 5.24. The molecule has 82 valence electrons. The summed E-state index contributed by atoms with van der Waals surface area (Å²) in [7, 11) is 0. The molecule has 1 aromatic rings. The summed E-state index contributed by atoms with van der Waals surface area (Å²) in [5.41, 5.74) is 0.666. The Hall–Kier alpha value is -0.178. The van der Waals surface area contributed by atoms with Gasteiger partial charge in [-0.25, -0.2) is 0 Å². The Morgan fingerprint density at radius 1 is 1.12 bits per heavy atom. The van der Waals surface area contributed by atoms with E-state index in [-0.39, 0.29) is 24.3 Å². The van der Waals surface area contributed by atoms with E-state index in [1.165, 1.54) is 0 Å². The quantitative estimate of drug-likeness (QED) is 0.500. The molecule has 2 bridgehead atoms. The molecule has 0 spiro atoms. The van der Waals surface area contributed by atoms with Gasteiger partial charge in [-0.1, -0.05) is 13.0 Å². The van der Waals surface area contributed by atoms with Crippen LogP contribution in [0.3, 0.4) is 0 Å². The van der Waals surface area contributed by atoms with Gasteiger partial charge in [0.15, 0.2) is 0 Å². The van der Waals surface area contributed by atoms with E-state index in [9.17, 15) is 0 Å². The third-order valence-corrected chi connectivity index (χ3v) is 3.06. The largest absolute Gasteiger partial charge is 1.00 e. The zero-order chi connectivity index (χ0) is 10.5. The van der Waals surface area contributed by atoms with Crippen molar-refractivity contribution < 1.29 is 37.2 Å². The average Bonchev–Trinajstić information content (AvgIpc) is 2.67. The van der Waals surface area contributed by atoms with Gasteiger partial charge in [-0.15, -0.1) is 0 Å². The molecule has 0 unspecified atom stereocenters. The molecule has 6 heteroatoms. The maximum absolute atomic E-state index is 5.69. The zero-order valence-electron chi connectivity index (χ0n) is 9.99. The molecule has 3 aliphatic heterocycles. The molecule has 0 radical (unpaired) electrons. The monoisotopic (exact) mass is 216 g/mol. The fourth-order valence-corrected chi connectivity index (χ4v) is 2.09. The summed E-state index contributed by atoms with van der Waals surface area (Å²) in [6, 6.07) is 3.76. The first-order valence-electron chi connectivity index (χ1n) is 5.24. The Kier molecular flexibility index (Phi) is 3.02. The normalized spacial score (nSPS) is 37.1. The second-order valence-electron chi connectivity index (χ2n) is 4.83. The molecule has 0 atom stereocenters. The predicted octanol–water partition coefficient (Wildman–Crippen LogP) is -2.18. The van der Waals surface area contributed by atoms with E-state index in [4.69, 9.17) is 18.4 Å². The minimum Gasteiger partial charge on any atom is -0.538 e. The molecule has 16 heavy (non-hydrogen) atoms. The van der Waals surface area contributed by atoms with Crippen LogP contribution in [0.5, 0.6) is 0 Å². The van der Waals surface area contributed by atoms with Crippen LogP contribution in [0.15, 0.2) is 16.5 Å². The first-order chi connectivity index (χ1) is 7.12. The van der Waals surface area contributed by atoms with Gasteiger partial charge in [0.1, 0.15) is 0 Å². The van der Waals surface area contributed by atoms with Crippen molar-refractivity contribution in [1.82, 2.24) is 0 Å². The maximum Gasteiger partial charge on any atom is 1.00 e. The number of fused-ring (bicyclic) bond motifs is 3. The molecule has 3 aliphatic rings. The molecule has 0 aromatic carbocycles. The SMILES string of the molecule is Cc1ccc([B-]23OCC(C)(CO2)CO3)o1.[Li+]. The van der Waals surface area contributed by atoms with Crippen molar-refractivity contribution in [3.8, 4) is 0 Å². The van der Waals surface area contributed by atoms with E-state index in [0.29, 0.717) is 25.5 Å². The fraction of sp³-hybridized carbons (Fsp3) is 0.600. The molecule has 0 aliphatic carbocycles. The Labute approximate surface area is 107 Å². The first kappa shape index (κ1) is 12.3. The van der Waals surface area contributed by atoms with Gasteiger partial charge in [-0.3, -0.25) is 0 Å². The van der Waals surface area contributed by atoms with E-state index >= 15 is 0 Å². The summed E-state index contributed by atoms with van der Waals surface area (Å²) in [5, 5.41) is 0. The van der Waals surface area contributed by atoms with E-state index in [1.807, 2.05) is 19.1 Å². The second-order valence-corrected chi connectivity index (χ2v) is 4.83. The Bertz CT molecular complexity index is 367. The van der Waals surface area contributed by atoms with Crippen molar-refractivity contribution >= 4 is 12.4 Å². The Balaban J connectivity index is 0.000000963. The van der Waals surface area contributed by atoms with Gasteiger partial charge in [0.2, 0.25) is 0 Å². The molecule has 3 saturated heterocycles. The number of hydrogen-bond donors (Lipinski definition) is 0. The minimum absolute atomic E-state index is 0. The van der Waals surface area contributed by atoms with Crippen LogP contribution in [0.1, 0.15) is 12.7 Å². The van der Waals surface area contributed by atoms with E-state index in [1.54, 1.807) is 0 Å². The van der Waals surface area contributed by atoms with Crippen molar-refractivity contribution in [1.29, 1.82) is 0 Å². The van der Waals surface area contributed by atoms with Crippen LogP contribution in [0.4, 0.5) is 0 Å². The number of aryl methyl sites for hydroxylation is 1. The van der Waals surface area contributed by atoms with Crippen LogP contribution in [0.2, 0.25) is 0 Å². The number of rotatable bonds is 1. The number of furan rings is 1. The van der Waals surface area contributed by atoms with Gasteiger partial charge in [-0.05, 0) is 13.0 Å². The fourth-order valence-electron chi connectivity index (χ4n) is 2.09. The zero-order valence-corrected chi connectivity index (χ0v) is 9.99. The Morgan fingerprint density at radius 3 is 2.12 bits per heavy atom. The van der Waals surface area contributed by atoms with Crippen LogP contribution in [-0.2, 0) is 14.0 Å². The van der Waals surface area contributed by atoms with Crippen LogP contribution < -0.4 is 24.5 Å².